The standard InChI is InChI=1S/C17H17Cl2N3O/c18-12-5-6-15(14(19)10-12)22-16-9-11(7-8-20-16)17(23)21-13-3-1-2-4-13/h5-10,13H,1-4H2,(H,20,22)(H,21,23). The molecule has 1 saturated carbocycles. The molecule has 3 rings (SSSR count). The Hall–Kier alpha value is -1.78. The SMILES string of the molecule is O=C(NC1CCCC1)c1ccnc(Nc2ccc(Cl)cc2Cl)c1. The Morgan fingerprint density at radius 2 is 1.91 bits per heavy atom. The quantitative estimate of drug-likeness (QED) is 0.832. The molecule has 1 fully saturated rings. The molecule has 2 aromatic rings. The number of carbonyl (C=O) groups is 1. The second kappa shape index (κ2) is 7.20. The number of amides is 1. The van der Waals surface area contributed by atoms with Crippen LogP contribution in [0.1, 0.15) is 36.0 Å². The van der Waals surface area contributed by atoms with Gasteiger partial charge in [-0.05, 0) is 43.2 Å². The molecule has 2 N–H and O–H groups in total. The molecule has 0 atom stereocenters. The third-order valence-electron chi connectivity index (χ3n) is 3.91. The molecule has 1 heterocycles. The van der Waals surface area contributed by atoms with Gasteiger partial charge in [-0.1, -0.05) is 36.0 Å². The Bertz CT molecular complexity index is 715. The number of nitrogens with one attached hydrogen (secondary N) is 2. The number of nitrogens with zero attached hydrogens (tertiary/aromatic N) is 1. The van der Waals surface area contributed by atoms with Crippen molar-refractivity contribution in [1.29, 1.82) is 0 Å². The minimum absolute atomic E-state index is 0.0652. The summed E-state index contributed by atoms with van der Waals surface area (Å²) < 4.78 is 0. The summed E-state index contributed by atoms with van der Waals surface area (Å²) in [6, 6.07) is 8.89. The highest BCUT2D eigenvalue weighted by molar-refractivity contribution is 6.36. The maximum absolute atomic E-state index is 12.3. The van der Waals surface area contributed by atoms with Crippen molar-refractivity contribution in [3.8, 4) is 0 Å². The lowest BCUT2D eigenvalue weighted by atomic mass is 10.2. The fourth-order valence-electron chi connectivity index (χ4n) is 2.71. The van der Waals surface area contributed by atoms with Crippen LogP contribution in [-0.4, -0.2) is 16.9 Å². The summed E-state index contributed by atoms with van der Waals surface area (Å²) >= 11 is 12.0. The van der Waals surface area contributed by atoms with Gasteiger partial charge in [-0.2, -0.15) is 0 Å². The Labute approximate surface area is 145 Å². The molecule has 0 aliphatic heterocycles. The van der Waals surface area contributed by atoms with Gasteiger partial charge in [0.15, 0.2) is 0 Å². The van der Waals surface area contributed by atoms with Crippen LogP contribution in [0, 0.1) is 0 Å². The van der Waals surface area contributed by atoms with E-state index >= 15 is 0 Å². The van der Waals surface area contributed by atoms with Crippen LogP contribution >= 0.6 is 23.2 Å². The fourth-order valence-corrected chi connectivity index (χ4v) is 3.16. The number of hydrogen-bond acceptors (Lipinski definition) is 3. The molecular weight excluding hydrogens is 333 g/mol. The average molecular weight is 350 g/mol. The number of carbonyl (C=O) groups excluding carboxylic acids is 1. The van der Waals surface area contributed by atoms with Crippen molar-refractivity contribution in [3.63, 3.8) is 0 Å². The summed E-state index contributed by atoms with van der Waals surface area (Å²) in [5.41, 5.74) is 1.27. The Balaban J connectivity index is 1.72. The van der Waals surface area contributed by atoms with E-state index in [1.165, 1.54) is 12.8 Å². The largest absolute Gasteiger partial charge is 0.349 e. The van der Waals surface area contributed by atoms with Gasteiger partial charge in [0, 0.05) is 22.8 Å². The molecule has 1 aromatic carbocycles. The van der Waals surface area contributed by atoms with Crippen molar-refractivity contribution in [3.05, 3.63) is 52.1 Å². The van der Waals surface area contributed by atoms with E-state index in [0.29, 0.717) is 27.1 Å². The van der Waals surface area contributed by atoms with Crippen LogP contribution in [0.3, 0.4) is 0 Å². The molecule has 120 valence electrons. The molecule has 1 aliphatic rings. The second-order valence-electron chi connectivity index (χ2n) is 5.63. The van der Waals surface area contributed by atoms with Gasteiger partial charge in [0.2, 0.25) is 0 Å². The van der Waals surface area contributed by atoms with E-state index in [0.717, 1.165) is 12.8 Å². The van der Waals surface area contributed by atoms with E-state index in [9.17, 15) is 4.79 Å². The van der Waals surface area contributed by atoms with Gasteiger partial charge >= 0.3 is 0 Å². The van der Waals surface area contributed by atoms with Crippen LogP contribution in [0.2, 0.25) is 10.0 Å². The van der Waals surface area contributed by atoms with Gasteiger partial charge < -0.3 is 10.6 Å². The molecular formula is C17H17Cl2N3O. The van der Waals surface area contributed by atoms with Crippen LogP contribution in [-0.2, 0) is 0 Å². The molecule has 0 radical (unpaired) electrons. The monoisotopic (exact) mass is 349 g/mol. The number of benzene rings is 1. The molecule has 1 amide bonds. The summed E-state index contributed by atoms with van der Waals surface area (Å²) in [7, 11) is 0. The first-order valence-electron chi connectivity index (χ1n) is 7.61. The minimum atomic E-state index is -0.0652. The zero-order valence-corrected chi connectivity index (χ0v) is 14.0. The zero-order chi connectivity index (χ0) is 16.2. The van der Waals surface area contributed by atoms with E-state index in [2.05, 4.69) is 15.6 Å². The zero-order valence-electron chi connectivity index (χ0n) is 12.5. The van der Waals surface area contributed by atoms with Crippen LogP contribution in [0.15, 0.2) is 36.5 Å². The lowest BCUT2D eigenvalue weighted by Crippen LogP contribution is -2.32. The molecule has 6 heteroatoms. The lowest BCUT2D eigenvalue weighted by molar-refractivity contribution is 0.0938. The third kappa shape index (κ3) is 4.15. The first-order chi connectivity index (χ1) is 11.1. The molecule has 4 nitrogen and oxygen atoms in total. The summed E-state index contributed by atoms with van der Waals surface area (Å²) in [5, 5.41) is 7.24. The molecule has 1 aromatic heterocycles. The highest BCUT2D eigenvalue weighted by atomic mass is 35.5. The van der Waals surface area contributed by atoms with Crippen molar-refractivity contribution in [2.75, 3.05) is 5.32 Å². The normalized spacial score (nSPS) is 14.7. The van der Waals surface area contributed by atoms with Gasteiger partial charge in [-0.25, -0.2) is 4.98 Å². The number of rotatable bonds is 4. The smallest absolute Gasteiger partial charge is 0.251 e. The third-order valence-corrected chi connectivity index (χ3v) is 4.45. The van der Waals surface area contributed by atoms with E-state index in [1.807, 2.05) is 0 Å². The van der Waals surface area contributed by atoms with Crippen molar-refractivity contribution >= 4 is 40.6 Å². The highest BCUT2D eigenvalue weighted by Gasteiger charge is 2.18. The number of hydrogen-bond donors (Lipinski definition) is 2. The van der Waals surface area contributed by atoms with Gasteiger partial charge in [0.25, 0.3) is 5.91 Å². The number of halogens is 2. The van der Waals surface area contributed by atoms with Crippen molar-refractivity contribution in [1.82, 2.24) is 10.3 Å². The molecule has 0 bridgehead atoms. The second-order valence-corrected chi connectivity index (χ2v) is 6.48. The summed E-state index contributed by atoms with van der Waals surface area (Å²) in [5.74, 6) is 0.498. The van der Waals surface area contributed by atoms with E-state index in [-0.39, 0.29) is 11.9 Å². The Kier molecular flexibility index (Phi) is 5.03. The van der Waals surface area contributed by atoms with Gasteiger partial charge in [0.1, 0.15) is 5.82 Å². The van der Waals surface area contributed by atoms with E-state index in [1.54, 1.807) is 36.5 Å². The molecule has 0 saturated heterocycles. The number of anilines is 2. The predicted octanol–water partition coefficient (Wildman–Crippen LogP) is 4.80. The molecule has 0 unspecified atom stereocenters. The fraction of sp³-hybridized carbons (Fsp3) is 0.294. The predicted molar refractivity (Wildman–Crippen MR) is 93.7 cm³/mol. The van der Waals surface area contributed by atoms with Crippen molar-refractivity contribution in [2.45, 2.75) is 31.7 Å². The maximum atomic E-state index is 12.3. The first kappa shape index (κ1) is 16.1. The van der Waals surface area contributed by atoms with Gasteiger partial charge in [0.05, 0.1) is 10.7 Å². The highest BCUT2D eigenvalue weighted by Crippen LogP contribution is 2.27. The minimum Gasteiger partial charge on any atom is -0.349 e. The average Bonchev–Trinajstić information content (AvgIpc) is 3.03. The van der Waals surface area contributed by atoms with Crippen LogP contribution in [0.4, 0.5) is 11.5 Å². The Morgan fingerprint density at radius 3 is 2.65 bits per heavy atom. The summed E-state index contributed by atoms with van der Waals surface area (Å²) in [6.07, 6.45) is 6.09. The van der Waals surface area contributed by atoms with Gasteiger partial charge in [-0.15, -0.1) is 0 Å². The molecule has 1 aliphatic carbocycles. The van der Waals surface area contributed by atoms with Crippen LogP contribution in [0.5, 0.6) is 0 Å². The molecule has 0 spiro atoms. The molecule has 23 heavy (non-hydrogen) atoms. The van der Waals surface area contributed by atoms with E-state index in [4.69, 9.17) is 23.2 Å². The van der Waals surface area contributed by atoms with Crippen molar-refractivity contribution in [2.24, 2.45) is 0 Å². The van der Waals surface area contributed by atoms with Gasteiger partial charge in [-0.3, -0.25) is 4.79 Å². The topological polar surface area (TPSA) is 54.0 Å². The summed E-state index contributed by atoms with van der Waals surface area (Å²) in [6.45, 7) is 0. The van der Waals surface area contributed by atoms with E-state index < -0.39 is 0 Å². The Morgan fingerprint density at radius 1 is 1.13 bits per heavy atom. The number of aromatic nitrogens is 1. The number of pyridine rings is 1. The van der Waals surface area contributed by atoms with Crippen LogP contribution in [0.25, 0.3) is 0 Å². The van der Waals surface area contributed by atoms with Crippen molar-refractivity contribution < 1.29 is 4.79 Å². The first-order valence-corrected chi connectivity index (χ1v) is 8.36. The maximum Gasteiger partial charge on any atom is 0.251 e. The lowest BCUT2D eigenvalue weighted by Gasteiger charge is -2.13. The summed E-state index contributed by atoms with van der Waals surface area (Å²) in [4.78, 5) is 16.5. The van der Waals surface area contributed by atoms with Crippen LogP contribution < -0.4 is 10.6 Å².